The molecule has 3 rings (SSSR count). The van der Waals surface area contributed by atoms with Crippen molar-refractivity contribution >= 4 is 17.5 Å². The molecule has 0 saturated carbocycles. The third kappa shape index (κ3) is 4.21. The highest BCUT2D eigenvalue weighted by molar-refractivity contribution is 7.99. The molecule has 8 heteroatoms. The monoisotopic (exact) mass is 389 g/mol. The molecule has 0 radical (unpaired) electrons. The van der Waals surface area contributed by atoms with Crippen LogP contribution in [0.5, 0.6) is 5.75 Å². The summed E-state index contributed by atoms with van der Waals surface area (Å²) in [6, 6.07) is 7.99. The van der Waals surface area contributed by atoms with Gasteiger partial charge in [-0.05, 0) is 39.0 Å². The molecule has 0 unspecified atom stereocenters. The fourth-order valence-corrected chi connectivity index (χ4v) is 3.22. The Bertz CT molecular complexity index is 967. The van der Waals surface area contributed by atoms with E-state index in [0.29, 0.717) is 5.56 Å². The second kappa shape index (κ2) is 7.96. The minimum absolute atomic E-state index is 0.00314. The van der Waals surface area contributed by atoms with Crippen LogP contribution in [0.3, 0.4) is 0 Å². The van der Waals surface area contributed by atoms with Gasteiger partial charge in [0.25, 0.3) is 11.1 Å². The third-order valence-corrected chi connectivity index (χ3v) is 5.13. The van der Waals surface area contributed by atoms with Crippen molar-refractivity contribution in [3.8, 4) is 5.75 Å². The van der Waals surface area contributed by atoms with Crippen molar-refractivity contribution in [3.05, 3.63) is 59.0 Å². The number of aryl methyl sites for hydroxylation is 1. The molecule has 6 nitrogen and oxygen atoms in total. The van der Waals surface area contributed by atoms with Gasteiger partial charge in [0.05, 0.1) is 5.75 Å². The van der Waals surface area contributed by atoms with Crippen LogP contribution in [0.15, 0.2) is 40.0 Å². The van der Waals surface area contributed by atoms with Crippen LogP contribution in [0.4, 0.5) is 4.39 Å². The zero-order valence-corrected chi connectivity index (χ0v) is 16.3. The Kier molecular flexibility index (Phi) is 5.65. The molecule has 0 aliphatic rings. The van der Waals surface area contributed by atoms with E-state index < -0.39 is 11.9 Å². The van der Waals surface area contributed by atoms with Crippen LogP contribution in [0, 0.1) is 19.7 Å². The van der Waals surface area contributed by atoms with Gasteiger partial charge in [0, 0.05) is 24.0 Å². The molecule has 1 atom stereocenters. The maximum atomic E-state index is 13.7. The molecule has 1 aromatic carbocycles. The Labute approximate surface area is 160 Å². The molecule has 142 valence electrons. The van der Waals surface area contributed by atoms with E-state index >= 15 is 0 Å². The second-order valence-electron chi connectivity index (χ2n) is 6.15. The molecule has 0 fully saturated rings. The number of rotatable bonds is 7. The molecule has 2 aromatic heterocycles. The van der Waals surface area contributed by atoms with E-state index in [-0.39, 0.29) is 28.4 Å². The number of ketones is 1. The molecule has 0 amide bonds. The quantitative estimate of drug-likeness (QED) is 0.444. The Morgan fingerprint density at radius 3 is 2.74 bits per heavy atom. The number of carbonyl (C=O) groups is 1. The van der Waals surface area contributed by atoms with Gasteiger partial charge >= 0.3 is 0 Å². The van der Waals surface area contributed by atoms with Crippen LogP contribution >= 0.6 is 11.8 Å². The highest BCUT2D eigenvalue weighted by Crippen LogP contribution is 2.26. The van der Waals surface area contributed by atoms with E-state index in [9.17, 15) is 9.18 Å². The predicted octanol–water partition coefficient (Wildman–Crippen LogP) is 4.28. The Hall–Kier alpha value is -2.61. The van der Waals surface area contributed by atoms with Crippen LogP contribution in [-0.2, 0) is 7.05 Å². The fraction of sp³-hybridized carbons (Fsp3) is 0.316. The van der Waals surface area contributed by atoms with Crippen LogP contribution in [0.1, 0.15) is 40.7 Å². The average molecular weight is 389 g/mol. The van der Waals surface area contributed by atoms with Crippen molar-refractivity contribution in [2.75, 3.05) is 5.75 Å². The number of benzene rings is 1. The summed E-state index contributed by atoms with van der Waals surface area (Å²) in [4.78, 5) is 12.4. The summed E-state index contributed by atoms with van der Waals surface area (Å²) in [7, 11) is 1.93. The van der Waals surface area contributed by atoms with Gasteiger partial charge in [-0.1, -0.05) is 23.9 Å². The number of carbonyl (C=O) groups excluding carboxylic acids is 1. The van der Waals surface area contributed by atoms with Crippen molar-refractivity contribution in [2.24, 2.45) is 7.05 Å². The van der Waals surface area contributed by atoms with Crippen LogP contribution < -0.4 is 4.74 Å². The first-order chi connectivity index (χ1) is 12.9. The molecule has 0 aliphatic carbocycles. The van der Waals surface area contributed by atoms with E-state index in [2.05, 4.69) is 10.2 Å². The zero-order chi connectivity index (χ0) is 19.6. The normalized spacial score (nSPS) is 12.2. The van der Waals surface area contributed by atoms with Gasteiger partial charge < -0.3 is 13.7 Å². The number of para-hydroxylation sites is 1. The third-order valence-electron chi connectivity index (χ3n) is 4.31. The van der Waals surface area contributed by atoms with Crippen LogP contribution in [-0.4, -0.2) is 26.3 Å². The topological polar surface area (TPSA) is 70.2 Å². The van der Waals surface area contributed by atoms with Crippen LogP contribution in [0.25, 0.3) is 0 Å². The first-order valence-electron chi connectivity index (χ1n) is 8.40. The fourth-order valence-electron chi connectivity index (χ4n) is 2.57. The maximum Gasteiger partial charge on any atom is 0.277 e. The summed E-state index contributed by atoms with van der Waals surface area (Å²) in [6.45, 7) is 5.56. The number of thioether (sulfide) groups is 1. The summed E-state index contributed by atoms with van der Waals surface area (Å²) >= 11 is 1.17. The SMILES string of the molecule is Cc1cc(C(=O)CSc2nnc([C@@H](C)Oc3ccccc3F)o2)c(C)n1C. The molecular weight excluding hydrogens is 369 g/mol. The predicted molar refractivity (Wildman–Crippen MR) is 99.7 cm³/mol. The van der Waals surface area contributed by atoms with Crippen molar-refractivity contribution in [1.29, 1.82) is 0 Å². The molecule has 3 aromatic rings. The van der Waals surface area contributed by atoms with E-state index in [1.807, 2.05) is 31.5 Å². The zero-order valence-electron chi connectivity index (χ0n) is 15.5. The van der Waals surface area contributed by atoms with Gasteiger partial charge in [0.2, 0.25) is 0 Å². The largest absolute Gasteiger partial charge is 0.478 e. The van der Waals surface area contributed by atoms with Crippen molar-refractivity contribution in [2.45, 2.75) is 32.1 Å². The van der Waals surface area contributed by atoms with Crippen molar-refractivity contribution < 1.29 is 18.3 Å². The first-order valence-corrected chi connectivity index (χ1v) is 9.39. The molecule has 0 saturated heterocycles. The molecule has 0 N–H and O–H groups in total. The van der Waals surface area contributed by atoms with Crippen molar-refractivity contribution in [1.82, 2.24) is 14.8 Å². The van der Waals surface area contributed by atoms with Crippen molar-refractivity contribution in [3.63, 3.8) is 0 Å². The molecular formula is C19H20FN3O3S. The van der Waals surface area contributed by atoms with Gasteiger partial charge in [0.15, 0.2) is 23.5 Å². The average Bonchev–Trinajstić information content (AvgIpc) is 3.22. The molecule has 0 spiro atoms. The summed E-state index contributed by atoms with van der Waals surface area (Å²) in [5.74, 6) is 0.0608. The Morgan fingerprint density at radius 2 is 2.07 bits per heavy atom. The lowest BCUT2D eigenvalue weighted by Crippen LogP contribution is -2.04. The number of Topliss-reactive ketones (excluding diaryl/α,β-unsaturated/α-hetero) is 1. The summed E-state index contributed by atoms with van der Waals surface area (Å²) in [5, 5.41) is 8.13. The Balaban J connectivity index is 1.61. The van der Waals surface area contributed by atoms with E-state index in [4.69, 9.17) is 9.15 Å². The number of hydrogen-bond donors (Lipinski definition) is 0. The number of halogens is 1. The lowest BCUT2D eigenvalue weighted by atomic mass is 10.2. The summed E-state index contributed by atoms with van der Waals surface area (Å²) < 4.78 is 26.7. The van der Waals surface area contributed by atoms with Gasteiger partial charge in [-0.2, -0.15) is 0 Å². The smallest absolute Gasteiger partial charge is 0.277 e. The van der Waals surface area contributed by atoms with E-state index in [0.717, 1.165) is 11.4 Å². The lowest BCUT2D eigenvalue weighted by Gasteiger charge is -2.11. The minimum Gasteiger partial charge on any atom is -0.478 e. The van der Waals surface area contributed by atoms with Gasteiger partial charge in [-0.15, -0.1) is 10.2 Å². The molecule has 27 heavy (non-hydrogen) atoms. The molecule has 2 heterocycles. The lowest BCUT2D eigenvalue weighted by molar-refractivity contribution is 0.102. The van der Waals surface area contributed by atoms with Gasteiger partial charge in [-0.25, -0.2) is 4.39 Å². The molecule has 0 bridgehead atoms. The Morgan fingerprint density at radius 1 is 1.33 bits per heavy atom. The van der Waals surface area contributed by atoms with Gasteiger partial charge in [-0.3, -0.25) is 4.79 Å². The van der Waals surface area contributed by atoms with E-state index in [1.54, 1.807) is 19.1 Å². The second-order valence-corrected chi connectivity index (χ2v) is 7.08. The number of hydrogen-bond acceptors (Lipinski definition) is 6. The minimum atomic E-state index is -0.613. The maximum absolute atomic E-state index is 13.7. The number of nitrogens with zero attached hydrogens (tertiary/aromatic N) is 3. The van der Waals surface area contributed by atoms with Gasteiger partial charge in [0.1, 0.15) is 0 Å². The first kappa shape index (κ1) is 19.2. The number of ether oxygens (including phenoxy) is 1. The highest BCUT2D eigenvalue weighted by Gasteiger charge is 2.19. The van der Waals surface area contributed by atoms with Crippen LogP contribution in [0.2, 0.25) is 0 Å². The molecule has 0 aliphatic heterocycles. The summed E-state index contributed by atoms with van der Waals surface area (Å²) in [6.07, 6.45) is -0.613. The highest BCUT2D eigenvalue weighted by atomic mass is 32.2. The standard InChI is InChI=1S/C19H20FN3O3S/c1-11-9-14(12(2)23(11)4)16(24)10-27-19-22-21-18(26-19)13(3)25-17-8-6-5-7-15(17)20/h5-9,13H,10H2,1-4H3/t13-/m1/s1. The number of aromatic nitrogens is 3. The summed E-state index contributed by atoms with van der Waals surface area (Å²) in [5.41, 5.74) is 2.65. The van der Waals surface area contributed by atoms with E-state index in [1.165, 1.54) is 23.9 Å².